The average molecular weight is 282 g/mol. The standard InChI is InChI=1S/C16H24ClNO/c1-13-6-5-9-16(13,12-18-10-11-19-2)14-7-3-4-8-15(14)17/h3-4,7-8,13,18H,5-6,9-12H2,1-2H3. The first-order chi connectivity index (χ1) is 9.20. The van der Waals surface area contributed by atoms with Gasteiger partial charge in [0, 0.05) is 30.6 Å². The SMILES string of the molecule is COCCNCC1(c2ccccc2Cl)CCCC1C. The molecule has 1 saturated carbocycles. The first-order valence-corrected chi connectivity index (χ1v) is 7.53. The van der Waals surface area contributed by atoms with Crippen LogP contribution in [-0.2, 0) is 10.2 Å². The van der Waals surface area contributed by atoms with E-state index in [-0.39, 0.29) is 5.41 Å². The van der Waals surface area contributed by atoms with E-state index in [0.29, 0.717) is 5.92 Å². The summed E-state index contributed by atoms with van der Waals surface area (Å²) >= 11 is 6.45. The van der Waals surface area contributed by atoms with E-state index in [4.69, 9.17) is 16.3 Å². The summed E-state index contributed by atoms with van der Waals surface area (Å²) in [6.45, 7) is 5.00. The van der Waals surface area contributed by atoms with Crippen molar-refractivity contribution in [2.45, 2.75) is 31.6 Å². The molecule has 0 radical (unpaired) electrons. The topological polar surface area (TPSA) is 21.3 Å². The van der Waals surface area contributed by atoms with Gasteiger partial charge in [-0.3, -0.25) is 0 Å². The zero-order valence-corrected chi connectivity index (χ0v) is 12.7. The van der Waals surface area contributed by atoms with Gasteiger partial charge in [-0.15, -0.1) is 0 Å². The highest BCUT2D eigenvalue weighted by atomic mass is 35.5. The van der Waals surface area contributed by atoms with Crippen LogP contribution in [0.4, 0.5) is 0 Å². The van der Waals surface area contributed by atoms with Gasteiger partial charge in [0.1, 0.15) is 0 Å². The number of nitrogens with one attached hydrogen (secondary N) is 1. The van der Waals surface area contributed by atoms with Crippen molar-refractivity contribution in [1.29, 1.82) is 0 Å². The minimum Gasteiger partial charge on any atom is -0.383 e. The summed E-state index contributed by atoms with van der Waals surface area (Å²) in [4.78, 5) is 0. The maximum Gasteiger partial charge on any atom is 0.0587 e. The lowest BCUT2D eigenvalue weighted by Crippen LogP contribution is -2.41. The Hall–Kier alpha value is -0.570. The van der Waals surface area contributed by atoms with Gasteiger partial charge in [-0.05, 0) is 30.4 Å². The number of hydrogen-bond donors (Lipinski definition) is 1. The van der Waals surface area contributed by atoms with Crippen molar-refractivity contribution in [2.24, 2.45) is 5.92 Å². The molecule has 3 heteroatoms. The number of halogens is 1. The third-order valence-electron chi connectivity index (χ3n) is 4.54. The Morgan fingerprint density at radius 3 is 2.84 bits per heavy atom. The maximum atomic E-state index is 6.45. The summed E-state index contributed by atoms with van der Waals surface area (Å²) < 4.78 is 5.11. The average Bonchev–Trinajstić information content (AvgIpc) is 2.78. The molecule has 0 amide bonds. The lowest BCUT2D eigenvalue weighted by molar-refractivity contribution is 0.194. The van der Waals surface area contributed by atoms with Crippen LogP contribution in [0.25, 0.3) is 0 Å². The smallest absolute Gasteiger partial charge is 0.0587 e. The van der Waals surface area contributed by atoms with Gasteiger partial charge in [-0.2, -0.15) is 0 Å². The highest BCUT2D eigenvalue weighted by molar-refractivity contribution is 6.31. The molecule has 0 aromatic heterocycles. The summed E-state index contributed by atoms with van der Waals surface area (Å²) in [7, 11) is 1.74. The number of ether oxygens (including phenoxy) is 1. The lowest BCUT2D eigenvalue weighted by atomic mass is 9.73. The lowest BCUT2D eigenvalue weighted by Gasteiger charge is -2.35. The van der Waals surface area contributed by atoms with Crippen molar-refractivity contribution < 1.29 is 4.74 Å². The Labute approximate surface area is 121 Å². The van der Waals surface area contributed by atoms with Crippen LogP contribution in [-0.4, -0.2) is 26.8 Å². The van der Waals surface area contributed by atoms with Gasteiger partial charge in [0.25, 0.3) is 0 Å². The van der Waals surface area contributed by atoms with Crippen molar-refractivity contribution >= 4 is 11.6 Å². The first kappa shape index (κ1) is 14.8. The van der Waals surface area contributed by atoms with Gasteiger partial charge in [0.05, 0.1) is 6.61 Å². The highest BCUT2D eigenvalue weighted by Gasteiger charge is 2.42. The first-order valence-electron chi connectivity index (χ1n) is 7.15. The zero-order valence-electron chi connectivity index (χ0n) is 11.9. The normalized spacial score (nSPS) is 26.8. The molecule has 0 aliphatic heterocycles. The fraction of sp³-hybridized carbons (Fsp3) is 0.625. The van der Waals surface area contributed by atoms with Crippen LogP contribution in [0.3, 0.4) is 0 Å². The van der Waals surface area contributed by atoms with Gasteiger partial charge >= 0.3 is 0 Å². The highest BCUT2D eigenvalue weighted by Crippen LogP contribution is 2.47. The molecule has 2 nitrogen and oxygen atoms in total. The second kappa shape index (κ2) is 6.74. The second-order valence-electron chi connectivity index (χ2n) is 5.60. The van der Waals surface area contributed by atoms with Gasteiger partial charge in [0.15, 0.2) is 0 Å². The summed E-state index contributed by atoms with van der Waals surface area (Å²) in [6, 6.07) is 8.32. The van der Waals surface area contributed by atoms with Crippen molar-refractivity contribution in [3.63, 3.8) is 0 Å². The monoisotopic (exact) mass is 281 g/mol. The molecular weight excluding hydrogens is 258 g/mol. The van der Waals surface area contributed by atoms with E-state index in [1.165, 1.54) is 24.8 Å². The Kier molecular flexibility index (Phi) is 5.26. The Morgan fingerprint density at radius 2 is 2.21 bits per heavy atom. The summed E-state index contributed by atoms with van der Waals surface area (Å²) in [6.07, 6.45) is 3.80. The minimum atomic E-state index is 0.187. The third-order valence-corrected chi connectivity index (χ3v) is 4.87. The van der Waals surface area contributed by atoms with E-state index in [1.807, 2.05) is 12.1 Å². The van der Waals surface area contributed by atoms with E-state index in [1.54, 1.807) is 7.11 Å². The molecule has 19 heavy (non-hydrogen) atoms. The Morgan fingerprint density at radius 1 is 1.42 bits per heavy atom. The van der Waals surface area contributed by atoms with E-state index >= 15 is 0 Å². The minimum absolute atomic E-state index is 0.187. The van der Waals surface area contributed by atoms with Gasteiger partial charge in [-0.25, -0.2) is 0 Å². The molecular formula is C16H24ClNO. The molecule has 1 aromatic carbocycles. The van der Waals surface area contributed by atoms with Gasteiger partial charge in [0.2, 0.25) is 0 Å². The summed E-state index contributed by atoms with van der Waals surface area (Å²) in [5, 5.41) is 4.45. The number of hydrogen-bond acceptors (Lipinski definition) is 2. The summed E-state index contributed by atoms with van der Waals surface area (Å²) in [5.74, 6) is 0.669. The molecule has 1 fully saturated rings. The largest absolute Gasteiger partial charge is 0.383 e. The van der Waals surface area contributed by atoms with Gasteiger partial charge in [-0.1, -0.05) is 43.1 Å². The second-order valence-corrected chi connectivity index (χ2v) is 6.01. The van der Waals surface area contributed by atoms with Crippen LogP contribution in [0.5, 0.6) is 0 Å². The molecule has 0 saturated heterocycles. The molecule has 0 spiro atoms. The van der Waals surface area contributed by atoms with Crippen molar-refractivity contribution in [3.05, 3.63) is 34.9 Å². The Bertz CT molecular complexity index is 409. The molecule has 106 valence electrons. The van der Waals surface area contributed by atoms with Crippen LogP contribution in [0, 0.1) is 5.92 Å². The molecule has 0 bridgehead atoms. The van der Waals surface area contributed by atoms with Crippen LogP contribution in [0.1, 0.15) is 31.7 Å². The molecule has 1 N–H and O–H groups in total. The van der Waals surface area contributed by atoms with Crippen LogP contribution >= 0.6 is 11.6 Å². The molecule has 2 unspecified atom stereocenters. The third kappa shape index (κ3) is 3.13. The number of benzene rings is 1. The fourth-order valence-corrected chi connectivity index (χ4v) is 3.68. The molecule has 2 atom stereocenters. The molecule has 0 heterocycles. The van der Waals surface area contributed by atoms with E-state index < -0.39 is 0 Å². The van der Waals surface area contributed by atoms with Crippen LogP contribution in [0.2, 0.25) is 5.02 Å². The maximum absolute atomic E-state index is 6.45. The van der Waals surface area contributed by atoms with Gasteiger partial charge < -0.3 is 10.1 Å². The Balaban J connectivity index is 2.18. The number of methoxy groups -OCH3 is 1. The fourth-order valence-electron chi connectivity index (χ4n) is 3.36. The quantitative estimate of drug-likeness (QED) is 0.804. The van der Waals surface area contributed by atoms with Crippen molar-refractivity contribution in [3.8, 4) is 0 Å². The predicted molar refractivity (Wildman–Crippen MR) is 80.9 cm³/mol. The van der Waals surface area contributed by atoms with E-state index in [9.17, 15) is 0 Å². The molecule has 1 aliphatic rings. The zero-order chi connectivity index (χ0) is 13.7. The molecule has 1 aromatic rings. The number of rotatable bonds is 6. The van der Waals surface area contributed by atoms with Crippen molar-refractivity contribution in [1.82, 2.24) is 5.32 Å². The molecule has 2 rings (SSSR count). The summed E-state index contributed by atoms with van der Waals surface area (Å²) in [5.41, 5.74) is 1.50. The van der Waals surface area contributed by atoms with E-state index in [2.05, 4.69) is 24.4 Å². The molecule has 1 aliphatic carbocycles. The van der Waals surface area contributed by atoms with E-state index in [0.717, 1.165) is 24.7 Å². The predicted octanol–water partition coefficient (Wildman–Crippen LogP) is 3.63. The van der Waals surface area contributed by atoms with Crippen LogP contribution in [0.15, 0.2) is 24.3 Å². The van der Waals surface area contributed by atoms with Crippen LogP contribution < -0.4 is 5.32 Å². The van der Waals surface area contributed by atoms with Crippen molar-refractivity contribution in [2.75, 3.05) is 26.8 Å².